The summed E-state index contributed by atoms with van der Waals surface area (Å²) in [5.41, 5.74) is 0. The molecule has 77 heavy (non-hydrogen) atoms. The molecule has 19 nitrogen and oxygen atoms in total. The SMILES string of the molecule is CCCCCCCCCCCCCCCCCCCC(=O)NC(COC1OC(CO)C(OC2OC(CO)C(OC3OC(CO)C(O)C(O)C3O)C(O)C2O)C(O)C1O)C(O)CCCCCCCCCCCCCCCCC. The molecule has 17 unspecified atom stereocenters. The zero-order valence-corrected chi connectivity index (χ0v) is 47.5. The number of unbranched alkanes of at least 4 members (excludes halogenated alkanes) is 30. The zero-order valence-electron chi connectivity index (χ0n) is 47.5. The number of nitrogens with one attached hydrogen (secondary N) is 1. The maximum atomic E-state index is 13.3. The summed E-state index contributed by atoms with van der Waals surface area (Å²) in [6, 6.07) is -0.879. The van der Waals surface area contributed by atoms with E-state index in [2.05, 4.69) is 19.2 Å². The Hall–Kier alpha value is -1.21. The zero-order chi connectivity index (χ0) is 56.2. The van der Waals surface area contributed by atoms with E-state index >= 15 is 0 Å². The quantitative estimate of drug-likeness (QED) is 0.0330. The Morgan fingerprint density at radius 3 is 1.13 bits per heavy atom. The van der Waals surface area contributed by atoms with Crippen LogP contribution >= 0.6 is 0 Å². The van der Waals surface area contributed by atoms with Gasteiger partial charge in [-0.25, -0.2) is 0 Å². The lowest BCUT2D eigenvalue weighted by Crippen LogP contribution is -2.66. The van der Waals surface area contributed by atoms with Crippen LogP contribution in [0.2, 0.25) is 0 Å². The van der Waals surface area contributed by atoms with E-state index in [1.165, 1.54) is 154 Å². The van der Waals surface area contributed by atoms with Crippen molar-refractivity contribution in [2.24, 2.45) is 0 Å². The molecule has 0 aromatic carbocycles. The van der Waals surface area contributed by atoms with Crippen molar-refractivity contribution in [2.45, 2.75) is 336 Å². The lowest BCUT2D eigenvalue weighted by Gasteiger charge is -2.48. The molecule has 3 fully saturated rings. The largest absolute Gasteiger partial charge is 0.394 e. The average Bonchev–Trinajstić information content (AvgIpc) is 3.44. The molecule has 0 radical (unpaired) electrons. The first-order valence-corrected chi connectivity index (χ1v) is 30.8. The van der Waals surface area contributed by atoms with E-state index in [0.717, 1.165) is 44.9 Å². The molecule has 3 rings (SSSR count). The first-order chi connectivity index (χ1) is 37.3. The van der Waals surface area contributed by atoms with Crippen LogP contribution in [0.5, 0.6) is 0 Å². The molecule has 3 aliphatic rings. The number of aliphatic hydroxyl groups is 11. The van der Waals surface area contributed by atoms with E-state index in [1.54, 1.807) is 0 Å². The van der Waals surface area contributed by atoms with Gasteiger partial charge in [0.1, 0.15) is 73.2 Å². The van der Waals surface area contributed by atoms with Crippen LogP contribution in [-0.4, -0.2) is 193 Å². The number of amides is 1. The highest BCUT2D eigenvalue weighted by molar-refractivity contribution is 5.76. The second-order valence-corrected chi connectivity index (χ2v) is 22.5. The summed E-state index contributed by atoms with van der Waals surface area (Å²) in [4.78, 5) is 13.3. The Labute approximate surface area is 462 Å². The number of carbonyl (C=O) groups excluding carboxylic acids is 1. The summed E-state index contributed by atoms with van der Waals surface area (Å²) in [5, 5.41) is 120. The van der Waals surface area contributed by atoms with Gasteiger partial charge in [0.15, 0.2) is 18.9 Å². The molecule has 3 aliphatic heterocycles. The van der Waals surface area contributed by atoms with Crippen molar-refractivity contribution in [3.63, 3.8) is 0 Å². The number of ether oxygens (including phenoxy) is 6. The minimum atomic E-state index is -1.97. The van der Waals surface area contributed by atoms with Gasteiger partial charge in [-0.3, -0.25) is 4.79 Å². The molecule has 3 saturated heterocycles. The van der Waals surface area contributed by atoms with Crippen molar-refractivity contribution in [3.8, 4) is 0 Å². The Bertz CT molecular complexity index is 1420. The van der Waals surface area contributed by atoms with Crippen molar-refractivity contribution < 1.29 is 89.4 Å². The number of hydrogen-bond donors (Lipinski definition) is 12. The minimum absolute atomic E-state index is 0.239. The highest BCUT2D eigenvalue weighted by Gasteiger charge is 2.53. The van der Waals surface area contributed by atoms with E-state index in [-0.39, 0.29) is 18.9 Å². The van der Waals surface area contributed by atoms with Crippen molar-refractivity contribution in [1.29, 1.82) is 0 Å². The Morgan fingerprint density at radius 2 is 0.740 bits per heavy atom. The number of aliphatic hydroxyl groups excluding tert-OH is 11. The molecule has 3 heterocycles. The normalized spacial score (nSPS) is 30.6. The van der Waals surface area contributed by atoms with Crippen LogP contribution < -0.4 is 5.32 Å². The van der Waals surface area contributed by atoms with Gasteiger partial charge in [0.2, 0.25) is 5.91 Å². The molecular formula is C58H111NO18. The molecule has 0 aliphatic carbocycles. The second kappa shape index (κ2) is 42.6. The first kappa shape index (κ1) is 70.1. The highest BCUT2D eigenvalue weighted by atomic mass is 16.8. The first-order valence-electron chi connectivity index (χ1n) is 30.8. The van der Waals surface area contributed by atoms with Gasteiger partial charge >= 0.3 is 0 Å². The van der Waals surface area contributed by atoms with E-state index < -0.39 is 124 Å². The lowest BCUT2D eigenvalue weighted by atomic mass is 9.96. The fraction of sp³-hybridized carbons (Fsp3) is 0.983. The fourth-order valence-corrected chi connectivity index (χ4v) is 10.8. The molecule has 12 N–H and O–H groups in total. The van der Waals surface area contributed by atoms with Crippen LogP contribution in [-0.2, 0) is 33.2 Å². The van der Waals surface area contributed by atoms with E-state index in [1.807, 2.05) is 0 Å². The third kappa shape index (κ3) is 26.7. The molecule has 17 atom stereocenters. The van der Waals surface area contributed by atoms with Crippen molar-refractivity contribution in [3.05, 3.63) is 0 Å². The van der Waals surface area contributed by atoms with Gasteiger partial charge in [0.25, 0.3) is 0 Å². The highest BCUT2D eigenvalue weighted by Crippen LogP contribution is 2.33. The minimum Gasteiger partial charge on any atom is -0.394 e. The number of hydrogen-bond acceptors (Lipinski definition) is 18. The topological polar surface area (TPSA) is 307 Å². The summed E-state index contributed by atoms with van der Waals surface area (Å²) in [7, 11) is 0. The summed E-state index contributed by atoms with van der Waals surface area (Å²) in [6.45, 7) is 1.81. The smallest absolute Gasteiger partial charge is 0.220 e. The van der Waals surface area contributed by atoms with Crippen LogP contribution in [0.1, 0.15) is 232 Å². The van der Waals surface area contributed by atoms with Crippen molar-refractivity contribution >= 4 is 5.91 Å². The van der Waals surface area contributed by atoms with Crippen molar-refractivity contribution in [1.82, 2.24) is 5.32 Å². The van der Waals surface area contributed by atoms with Crippen LogP contribution in [0.4, 0.5) is 0 Å². The van der Waals surface area contributed by atoms with Gasteiger partial charge in [0, 0.05) is 6.42 Å². The van der Waals surface area contributed by atoms with Gasteiger partial charge in [-0.2, -0.15) is 0 Å². The second-order valence-electron chi connectivity index (χ2n) is 22.5. The van der Waals surface area contributed by atoms with Gasteiger partial charge in [-0.15, -0.1) is 0 Å². The van der Waals surface area contributed by atoms with E-state index in [4.69, 9.17) is 28.4 Å². The van der Waals surface area contributed by atoms with Crippen LogP contribution in [0.25, 0.3) is 0 Å². The maximum Gasteiger partial charge on any atom is 0.220 e. The standard InChI is InChI=1S/C58H111NO18/c1-3-5-7-9-11-13-15-17-19-20-22-24-26-28-30-32-34-36-46(64)59-41(42(63)35-33-31-29-27-25-23-21-18-16-14-12-10-8-6-4-2)40-72-56-52(70)49(67)54(44(38-61)74-56)77-58-53(71)50(68)55(45(39-62)75-58)76-57-51(69)48(66)47(65)43(37-60)73-57/h41-45,47-58,60-63,65-71H,3-40H2,1-2H3,(H,59,64). The predicted octanol–water partition coefficient (Wildman–Crippen LogP) is 5.60. The van der Waals surface area contributed by atoms with Crippen LogP contribution in [0.15, 0.2) is 0 Å². The molecule has 0 spiro atoms. The summed E-state index contributed by atoms with van der Waals surface area (Å²) < 4.78 is 34.3. The fourth-order valence-electron chi connectivity index (χ4n) is 10.8. The number of rotatable bonds is 46. The molecule has 1 amide bonds. The molecule has 0 saturated carbocycles. The molecular weight excluding hydrogens is 999 g/mol. The summed E-state index contributed by atoms with van der Waals surface area (Å²) in [6.07, 6.45) is 13.2. The van der Waals surface area contributed by atoms with E-state index in [0.29, 0.717) is 12.8 Å². The maximum absolute atomic E-state index is 13.3. The molecule has 456 valence electrons. The Balaban J connectivity index is 1.49. The Kier molecular flexibility index (Phi) is 38.7. The summed E-state index contributed by atoms with van der Waals surface area (Å²) >= 11 is 0. The molecule has 0 bridgehead atoms. The van der Waals surface area contributed by atoms with Crippen molar-refractivity contribution in [2.75, 3.05) is 26.4 Å². The average molecular weight is 1110 g/mol. The summed E-state index contributed by atoms with van der Waals surface area (Å²) in [5.74, 6) is -0.239. The molecule has 0 aromatic rings. The monoisotopic (exact) mass is 1110 g/mol. The third-order valence-corrected chi connectivity index (χ3v) is 15.9. The molecule has 0 aromatic heterocycles. The van der Waals surface area contributed by atoms with Gasteiger partial charge in [0.05, 0.1) is 38.6 Å². The molecule has 19 heteroatoms. The van der Waals surface area contributed by atoms with Gasteiger partial charge in [-0.05, 0) is 12.8 Å². The van der Waals surface area contributed by atoms with Gasteiger partial charge in [-0.1, -0.05) is 213 Å². The number of carbonyl (C=O) groups is 1. The lowest BCUT2D eigenvalue weighted by molar-refractivity contribution is -0.379. The van der Waals surface area contributed by atoms with Crippen LogP contribution in [0.3, 0.4) is 0 Å². The Morgan fingerprint density at radius 1 is 0.416 bits per heavy atom. The van der Waals surface area contributed by atoms with Crippen LogP contribution in [0, 0.1) is 0 Å². The van der Waals surface area contributed by atoms with Gasteiger partial charge < -0.3 is 89.9 Å². The predicted molar refractivity (Wildman–Crippen MR) is 291 cm³/mol. The third-order valence-electron chi connectivity index (χ3n) is 15.9. The van der Waals surface area contributed by atoms with E-state index in [9.17, 15) is 61.0 Å².